The van der Waals surface area contributed by atoms with Crippen molar-refractivity contribution in [3.63, 3.8) is 0 Å². The van der Waals surface area contributed by atoms with E-state index in [1.54, 1.807) is 6.92 Å². The van der Waals surface area contributed by atoms with Crippen LogP contribution in [0.5, 0.6) is 0 Å². The third-order valence-electron chi connectivity index (χ3n) is 12.6. The molecule has 0 saturated heterocycles. The number of esters is 1. The Hall–Kier alpha value is -3.43. The van der Waals surface area contributed by atoms with Gasteiger partial charge in [-0.25, -0.2) is 4.79 Å². The van der Waals surface area contributed by atoms with Gasteiger partial charge in [0.1, 0.15) is 31.1 Å². The van der Waals surface area contributed by atoms with E-state index in [-0.39, 0.29) is 43.0 Å². The molecule has 0 spiro atoms. The summed E-state index contributed by atoms with van der Waals surface area (Å²) in [7, 11) is 1.51. The second-order valence-electron chi connectivity index (χ2n) is 15.5. The summed E-state index contributed by atoms with van der Waals surface area (Å²) in [5.74, 6) is 1.58. The summed E-state index contributed by atoms with van der Waals surface area (Å²) >= 11 is 0. The third kappa shape index (κ3) is 7.51. The fourth-order valence-electron chi connectivity index (χ4n) is 10.1. The highest BCUT2D eigenvalue weighted by atomic mass is 16.6. The van der Waals surface area contributed by atoms with Gasteiger partial charge in [-0.15, -0.1) is 0 Å². The summed E-state index contributed by atoms with van der Waals surface area (Å²) in [6.07, 6.45) is 8.74. The molecule has 0 aliphatic heterocycles. The molecule has 10 nitrogen and oxygen atoms in total. The number of nitrogens with one attached hydrogen (secondary N) is 2. The fraction of sp³-hybridized carbons (Fsp3) is 0.703. The van der Waals surface area contributed by atoms with Crippen LogP contribution in [-0.2, 0) is 35.3 Å². The zero-order valence-electron chi connectivity index (χ0n) is 28.8. The smallest absolute Gasteiger partial charge is 0.407 e. The van der Waals surface area contributed by atoms with Gasteiger partial charge in [0, 0.05) is 13.0 Å². The summed E-state index contributed by atoms with van der Waals surface area (Å²) in [6, 6.07) is 9.17. The molecule has 0 radical (unpaired) electrons. The maximum absolute atomic E-state index is 13.0. The third-order valence-corrected chi connectivity index (χ3v) is 12.6. The Morgan fingerprint density at radius 2 is 1.57 bits per heavy atom. The molecule has 4 saturated carbocycles. The van der Waals surface area contributed by atoms with E-state index in [1.165, 1.54) is 31.2 Å². The van der Waals surface area contributed by atoms with Crippen LogP contribution in [0, 0.1) is 40.4 Å². The molecule has 0 heterocycles. The summed E-state index contributed by atoms with van der Waals surface area (Å²) in [5.41, 5.74) is 0.602. The van der Waals surface area contributed by atoms with Crippen molar-refractivity contribution in [2.45, 2.75) is 97.7 Å². The molecule has 0 aromatic heterocycles. The van der Waals surface area contributed by atoms with Crippen LogP contribution < -0.4 is 10.6 Å². The van der Waals surface area contributed by atoms with Crippen molar-refractivity contribution in [1.29, 1.82) is 0 Å². The molecule has 258 valence electrons. The van der Waals surface area contributed by atoms with Crippen molar-refractivity contribution >= 4 is 29.7 Å². The summed E-state index contributed by atoms with van der Waals surface area (Å²) in [5, 5.41) is 4.83. The molecule has 1 aromatic rings. The molecule has 1 aromatic carbocycles. The minimum atomic E-state index is -0.738. The number of fused-ring (bicyclic) bond motifs is 5. The largest absolute Gasteiger partial charge is 0.458 e. The van der Waals surface area contributed by atoms with Gasteiger partial charge in [0.2, 0.25) is 11.8 Å². The highest BCUT2D eigenvalue weighted by molar-refractivity contribution is 5.88. The molecule has 5 rings (SSSR count). The Kier molecular flexibility index (Phi) is 10.4. The van der Waals surface area contributed by atoms with E-state index in [0.717, 1.165) is 44.1 Å². The number of benzene rings is 1. The van der Waals surface area contributed by atoms with Gasteiger partial charge < -0.3 is 25.0 Å². The number of amides is 3. The first-order valence-electron chi connectivity index (χ1n) is 17.4. The predicted octanol–water partition coefficient (Wildman–Crippen LogP) is 5.04. The molecule has 3 amide bonds. The van der Waals surface area contributed by atoms with Crippen molar-refractivity contribution in [2.24, 2.45) is 40.4 Å². The van der Waals surface area contributed by atoms with Gasteiger partial charge in [-0.2, -0.15) is 0 Å². The van der Waals surface area contributed by atoms with E-state index in [0.29, 0.717) is 29.5 Å². The van der Waals surface area contributed by atoms with E-state index < -0.39 is 29.5 Å². The average molecular weight is 652 g/mol. The fourth-order valence-corrected chi connectivity index (χ4v) is 10.1. The van der Waals surface area contributed by atoms with Gasteiger partial charge in [-0.3, -0.25) is 19.2 Å². The normalized spacial score (nSPS) is 34.1. The van der Waals surface area contributed by atoms with Crippen LogP contribution in [-0.4, -0.2) is 66.8 Å². The lowest BCUT2D eigenvalue weighted by atomic mass is 9.44. The van der Waals surface area contributed by atoms with Crippen molar-refractivity contribution in [2.75, 3.05) is 26.7 Å². The zero-order valence-corrected chi connectivity index (χ0v) is 28.8. The zero-order chi connectivity index (χ0) is 34.0. The van der Waals surface area contributed by atoms with Crippen molar-refractivity contribution < 1.29 is 33.4 Å². The van der Waals surface area contributed by atoms with Crippen LogP contribution in [0.2, 0.25) is 0 Å². The van der Waals surface area contributed by atoms with Crippen LogP contribution in [0.4, 0.5) is 4.79 Å². The summed E-state index contributed by atoms with van der Waals surface area (Å²) < 4.78 is 11.2. The van der Waals surface area contributed by atoms with E-state index >= 15 is 0 Å². The number of ketones is 1. The quantitative estimate of drug-likeness (QED) is 0.339. The molecule has 4 fully saturated rings. The van der Waals surface area contributed by atoms with E-state index in [2.05, 4.69) is 24.5 Å². The van der Waals surface area contributed by atoms with Gasteiger partial charge in [-0.05, 0) is 112 Å². The van der Waals surface area contributed by atoms with Crippen LogP contribution in [0.25, 0.3) is 0 Å². The first kappa shape index (κ1) is 34.9. The van der Waals surface area contributed by atoms with Crippen LogP contribution in [0.3, 0.4) is 0 Å². The maximum atomic E-state index is 13.0. The first-order valence-corrected chi connectivity index (χ1v) is 17.4. The lowest BCUT2D eigenvalue weighted by Gasteiger charge is -2.62. The number of ether oxygens (including phenoxy) is 2. The minimum Gasteiger partial charge on any atom is -0.458 e. The first-order chi connectivity index (χ1) is 22.2. The number of nitrogens with zero attached hydrogens (tertiary/aromatic N) is 1. The maximum Gasteiger partial charge on any atom is 0.407 e. The highest BCUT2D eigenvalue weighted by Crippen LogP contribution is 2.68. The second kappa shape index (κ2) is 14.0. The summed E-state index contributed by atoms with van der Waals surface area (Å²) in [4.78, 5) is 63.4. The molecule has 8 atom stereocenters. The Labute approximate surface area is 279 Å². The number of alkyl carbamates (subject to hydrolysis) is 1. The predicted molar refractivity (Wildman–Crippen MR) is 176 cm³/mol. The highest BCUT2D eigenvalue weighted by Gasteiger charge is 2.61. The van der Waals surface area contributed by atoms with Gasteiger partial charge in [0.25, 0.3) is 0 Å². The van der Waals surface area contributed by atoms with Crippen molar-refractivity contribution in [3.8, 4) is 0 Å². The average Bonchev–Trinajstić information content (AvgIpc) is 3.40. The number of rotatable bonds is 10. The number of likely N-dealkylation sites (N-methyl/N-ethyl adjacent to an activating group) is 1. The van der Waals surface area contributed by atoms with Gasteiger partial charge >= 0.3 is 12.1 Å². The Balaban J connectivity index is 1.04. The molecule has 10 heteroatoms. The molecule has 0 bridgehead atoms. The minimum absolute atomic E-state index is 0.0805. The topological polar surface area (TPSA) is 131 Å². The van der Waals surface area contributed by atoms with E-state index in [4.69, 9.17) is 9.47 Å². The standard InChI is InChI=1S/C37H53N3O7/c1-24(41)28-13-14-29-27-12-11-26-19-35(2,17-18-36(26,3)30(27)15-16-37(28,29)4)47-33(44)22-40(5)32(43)21-38-31(42)20-39-34(45)46-23-25-9-7-6-8-10-25/h6-10,26-30H,11-23H2,1-5H3,(H,38,42)(H,39,45)/t26-,27-,28+,29-,30-,35+,36-,37+/m0/s1. The van der Waals surface area contributed by atoms with Crippen LogP contribution in [0.15, 0.2) is 30.3 Å². The lowest BCUT2D eigenvalue weighted by Crippen LogP contribution is -2.56. The molecular weight excluding hydrogens is 598 g/mol. The number of hydrogen-bond acceptors (Lipinski definition) is 7. The van der Waals surface area contributed by atoms with Gasteiger partial charge in [-0.1, -0.05) is 44.2 Å². The lowest BCUT2D eigenvalue weighted by molar-refractivity contribution is -0.182. The van der Waals surface area contributed by atoms with Gasteiger partial charge in [0.05, 0.1) is 6.54 Å². The monoisotopic (exact) mass is 651 g/mol. The Morgan fingerprint density at radius 3 is 2.30 bits per heavy atom. The molecule has 4 aliphatic carbocycles. The molecule has 2 N–H and O–H groups in total. The Morgan fingerprint density at radius 1 is 0.851 bits per heavy atom. The summed E-state index contributed by atoms with van der Waals surface area (Å²) in [6.45, 7) is 7.89. The molecular formula is C37H53N3O7. The van der Waals surface area contributed by atoms with Crippen molar-refractivity contribution in [3.05, 3.63) is 35.9 Å². The van der Waals surface area contributed by atoms with Crippen molar-refractivity contribution in [1.82, 2.24) is 15.5 Å². The van der Waals surface area contributed by atoms with Crippen LogP contribution >= 0.6 is 0 Å². The second-order valence-corrected chi connectivity index (χ2v) is 15.5. The molecule has 4 aliphatic rings. The Bertz CT molecular complexity index is 1350. The van der Waals surface area contributed by atoms with E-state index in [9.17, 15) is 24.0 Å². The van der Waals surface area contributed by atoms with E-state index in [1.807, 2.05) is 37.3 Å². The number of carbonyl (C=O) groups excluding carboxylic acids is 5. The van der Waals surface area contributed by atoms with Gasteiger partial charge in [0.15, 0.2) is 0 Å². The molecule has 47 heavy (non-hydrogen) atoms. The number of carbonyl (C=O) groups is 5. The SMILES string of the molecule is CC(=O)[C@H]1CC[C@H]2[C@@H]3CC[C@H]4C[C@](C)(OC(=O)CN(C)C(=O)CNC(=O)CNC(=O)OCc5ccccc5)CC[C@]4(C)[C@H]3CC[C@]12C. The van der Waals surface area contributed by atoms with Crippen LogP contribution in [0.1, 0.15) is 91.0 Å². The number of Topliss-reactive ketones (excluding diaryl/α,β-unsaturated/α-hetero) is 1. The molecule has 0 unspecified atom stereocenters. The number of hydrogen-bond donors (Lipinski definition) is 2.